The van der Waals surface area contributed by atoms with Crippen LogP contribution < -0.4 is 24.8 Å². The van der Waals surface area contributed by atoms with Gasteiger partial charge in [-0.15, -0.1) is 6.42 Å². The van der Waals surface area contributed by atoms with E-state index in [2.05, 4.69) is 34.5 Å². The largest absolute Gasteiger partial charge is 0.508 e. The zero-order valence-electron chi connectivity index (χ0n) is 33.2. The molecule has 11 nitrogen and oxygen atoms in total. The van der Waals surface area contributed by atoms with Gasteiger partial charge in [0.15, 0.2) is 0 Å². The van der Waals surface area contributed by atoms with Crippen LogP contribution in [0.3, 0.4) is 0 Å². The molecule has 8 rings (SSSR count). The van der Waals surface area contributed by atoms with Crippen molar-refractivity contribution < 1.29 is 28.2 Å². The number of benzene rings is 2. The number of halogens is 2. The summed E-state index contributed by atoms with van der Waals surface area (Å²) in [7, 11) is 0. The van der Waals surface area contributed by atoms with Crippen molar-refractivity contribution in [1.29, 1.82) is 0 Å². The van der Waals surface area contributed by atoms with Gasteiger partial charge in [0, 0.05) is 43.0 Å². The van der Waals surface area contributed by atoms with E-state index in [4.69, 9.17) is 30.8 Å². The molecule has 3 saturated heterocycles. The number of aromatic nitrogens is 3. The van der Waals surface area contributed by atoms with Gasteiger partial charge in [0.05, 0.1) is 54.5 Å². The fourth-order valence-corrected chi connectivity index (χ4v) is 9.42. The van der Waals surface area contributed by atoms with Crippen LogP contribution in [-0.4, -0.2) is 95.8 Å². The molecule has 58 heavy (non-hydrogen) atoms. The second kappa shape index (κ2) is 16.4. The maximum absolute atomic E-state index is 15.4. The molecule has 2 N–H and O–H groups in total. The van der Waals surface area contributed by atoms with Gasteiger partial charge >= 0.3 is 6.01 Å². The van der Waals surface area contributed by atoms with Gasteiger partial charge in [0.25, 0.3) is 0 Å². The molecule has 5 atom stereocenters. The zero-order valence-corrected chi connectivity index (χ0v) is 33.2. The van der Waals surface area contributed by atoms with E-state index in [1.807, 2.05) is 30.2 Å². The van der Waals surface area contributed by atoms with E-state index in [9.17, 15) is 9.90 Å². The smallest absolute Gasteiger partial charge is 0.318 e. The molecule has 4 aliphatic rings. The van der Waals surface area contributed by atoms with E-state index in [0.29, 0.717) is 49.8 Å². The van der Waals surface area contributed by atoms with Crippen molar-refractivity contribution in [2.45, 2.75) is 88.5 Å². The molecule has 304 valence electrons. The number of terminal acetylenes is 1. The van der Waals surface area contributed by atoms with E-state index >= 15 is 8.78 Å². The van der Waals surface area contributed by atoms with E-state index in [1.54, 1.807) is 18.2 Å². The monoisotopic (exact) mass is 791 g/mol. The number of amides is 1. The standard InChI is InChI=1S/C45H51F2N7O4/c1-5-35-38(47)14-11-30-19-34(55)21-37(42(30)35)29-10-13-36-39(20-29)50-44(51-43(36)52-16-8-7-9-32(25-52)49-41(56)6-2)58-27-45(4)22-31(46)24-54(45)33-12-15-40(48-23-33)53-17-18-57-26-28(53)3/h1,6,11-12,14-15,19,21,23,28-29,31-32,55H,2,7-10,13,16-18,20,22,24-27H2,3-4H3,(H,49,56)/t28-,29-,31-,32?,45+/m1/s1. The van der Waals surface area contributed by atoms with Gasteiger partial charge in [-0.2, -0.15) is 9.97 Å². The lowest BCUT2D eigenvalue weighted by Gasteiger charge is -2.37. The number of phenolic OH excluding ortho intramolecular Hbond substituents is 1. The number of rotatable bonds is 9. The van der Waals surface area contributed by atoms with Crippen molar-refractivity contribution in [2.24, 2.45) is 0 Å². The van der Waals surface area contributed by atoms with Crippen LogP contribution in [0.4, 0.5) is 26.1 Å². The number of nitrogens with zero attached hydrogens (tertiary/aromatic N) is 6. The van der Waals surface area contributed by atoms with Gasteiger partial charge < -0.3 is 34.6 Å². The number of aromatic hydroxyl groups is 1. The minimum Gasteiger partial charge on any atom is -0.508 e. The van der Waals surface area contributed by atoms with Crippen LogP contribution in [0.25, 0.3) is 10.8 Å². The second-order valence-electron chi connectivity index (χ2n) is 16.4. The van der Waals surface area contributed by atoms with Crippen molar-refractivity contribution in [3.05, 3.63) is 83.5 Å². The number of carbonyl (C=O) groups is 1. The van der Waals surface area contributed by atoms with E-state index < -0.39 is 17.5 Å². The molecule has 0 saturated carbocycles. The van der Waals surface area contributed by atoms with E-state index in [-0.39, 0.29) is 60.8 Å². The average Bonchev–Trinajstić information content (AvgIpc) is 3.35. The van der Waals surface area contributed by atoms with Gasteiger partial charge in [0.1, 0.15) is 36.0 Å². The predicted molar refractivity (Wildman–Crippen MR) is 221 cm³/mol. The summed E-state index contributed by atoms with van der Waals surface area (Å²) in [6, 6.07) is 10.5. The Kier molecular flexibility index (Phi) is 11.1. The number of hydrogen-bond donors (Lipinski definition) is 2. The topological polar surface area (TPSA) is 116 Å². The summed E-state index contributed by atoms with van der Waals surface area (Å²) >= 11 is 0. The number of alkyl halides is 1. The zero-order chi connectivity index (χ0) is 40.6. The normalized spacial score (nSPS) is 24.8. The van der Waals surface area contributed by atoms with Crippen molar-refractivity contribution in [2.75, 3.05) is 60.7 Å². The number of phenols is 1. The Hall–Kier alpha value is -5.48. The van der Waals surface area contributed by atoms with E-state index in [0.717, 1.165) is 66.5 Å². The highest BCUT2D eigenvalue weighted by atomic mass is 19.1. The number of pyridine rings is 1. The summed E-state index contributed by atoms with van der Waals surface area (Å²) in [6.07, 6.45) is 12.6. The molecule has 3 fully saturated rings. The fourth-order valence-electron chi connectivity index (χ4n) is 9.42. The fraction of sp³-hybridized carbons (Fsp3) is 0.467. The number of ether oxygens (including phenoxy) is 2. The first kappa shape index (κ1) is 39.4. The molecule has 1 aliphatic carbocycles. The van der Waals surface area contributed by atoms with Crippen LogP contribution in [0.2, 0.25) is 0 Å². The highest BCUT2D eigenvalue weighted by Crippen LogP contribution is 2.42. The first-order chi connectivity index (χ1) is 28.0. The van der Waals surface area contributed by atoms with Crippen LogP contribution in [0.5, 0.6) is 11.8 Å². The molecule has 2 aromatic carbocycles. The molecule has 0 radical (unpaired) electrons. The summed E-state index contributed by atoms with van der Waals surface area (Å²) in [4.78, 5) is 33.7. The first-order valence-corrected chi connectivity index (χ1v) is 20.4. The molecule has 0 bridgehead atoms. The summed E-state index contributed by atoms with van der Waals surface area (Å²) in [6.45, 7) is 11.4. The van der Waals surface area contributed by atoms with Crippen LogP contribution in [0.1, 0.15) is 74.3 Å². The first-order valence-electron chi connectivity index (χ1n) is 20.4. The van der Waals surface area contributed by atoms with Crippen molar-refractivity contribution in [3.8, 4) is 24.1 Å². The number of morpholine rings is 1. The lowest BCUT2D eigenvalue weighted by Crippen LogP contribution is -2.46. The lowest BCUT2D eigenvalue weighted by molar-refractivity contribution is -0.117. The Balaban J connectivity index is 1.12. The lowest BCUT2D eigenvalue weighted by atomic mass is 9.79. The minimum atomic E-state index is -1.07. The maximum atomic E-state index is 15.4. The minimum absolute atomic E-state index is 0.0773. The second-order valence-corrected chi connectivity index (χ2v) is 16.4. The van der Waals surface area contributed by atoms with Gasteiger partial charge in [0.2, 0.25) is 5.91 Å². The third kappa shape index (κ3) is 7.86. The summed E-state index contributed by atoms with van der Waals surface area (Å²) in [5.74, 6) is 3.40. The number of carbonyl (C=O) groups excluding carboxylic acids is 1. The summed E-state index contributed by atoms with van der Waals surface area (Å²) < 4.78 is 42.6. The van der Waals surface area contributed by atoms with Crippen molar-refractivity contribution in [1.82, 2.24) is 20.3 Å². The quantitative estimate of drug-likeness (QED) is 0.146. The van der Waals surface area contributed by atoms with Gasteiger partial charge in [-0.05, 0) is 106 Å². The molecular weight excluding hydrogens is 741 g/mol. The number of fused-ring (bicyclic) bond motifs is 2. The van der Waals surface area contributed by atoms with Crippen LogP contribution >= 0.6 is 0 Å². The molecule has 2 aromatic heterocycles. The Morgan fingerprint density at radius 2 is 2.05 bits per heavy atom. The molecular formula is C45H51F2N7O4. The summed E-state index contributed by atoms with van der Waals surface area (Å²) in [5, 5.41) is 15.2. The number of anilines is 3. The SMILES string of the molecule is C#Cc1c(F)ccc2cc(O)cc([C@@H]3CCc4c(nc(OC[C@]5(C)C[C@@H](F)CN5c5ccc(N6CCOC[C@H]6C)nc5)nc4N4CCCCC(NC(=O)C=C)C4)C3)c12. The van der Waals surface area contributed by atoms with E-state index in [1.165, 1.54) is 12.1 Å². The molecule has 0 spiro atoms. The third-order valence-electron chi connectivity index (χ3n) is 12.3. The Morgan fingerprint density at radius 1 is 1.19 bits per heavy atom. The molecule has 4 aromatic rings. The average molecular weight is 792 g/mol. The van der Waals surface area contributed by atoms with Crippen molar-refractivity contribution >= 4 is 34.0 Å². The van der Waals surface area contributed by atoms with Crippen LogP contribution in [-0.2, 0) is 22.4 Å². The molecule has 1 unspecified atom stereocenters. The highest BCUT2D eigenvalue weighted by molar-refractivity contribution is 5.93. The van der Waals surface area contributed by atoms with Crippen molar-refractivity contribution in [3.63, 3.8) is 0 Å². The number of hydrogen-bond acceptors (Lipinski definition) is 10. The Labute approximate surface area is 338 Å². The van der Waals surface area contributed by atoms with Crippen LogP contribution in [0, 0.1) is 18.2 Å². The Bertz CT molecular complexity index is 2230. The molecule has 3 aliphatic heterocycles. The van der Waals surface area contributed by atoms with Gasteiger partial charge in [-0.25, -0.2) is 13.8 Å². The maximum Gasteiger partial charge on any atom is 0.318 e. The molecule has 5 heterocycles. The summed E-state index contributed by atoms with van der Waals surface area (Å²) in [5.41, 5.74) is 2.80. The third-order valence-corrected chi connectivity index (χ3v) is 12.3. The predicted octanol–water partition coefficient (Wildman–Crippen LogP) is 6.40. The highest BCUT2D eigenvalue weighted by Gasteiger charge is 2.44. The van der Waals surface area contributed by atoms with Gasteiger partial charge in [-0.3, -0.25) is 4.79 Å². The van der Waals surface area contributed by atoms with Gasteiger partial charge in [-0.1, -0.05) is 18.6 Å². The number of nitrogens with one attached hydrogen (secondary N) is 1. The van der Waals surface area contributed by atoms with Crippen LogP contribution in [0.15, 0.2) is 55.3 Å². The Morgan fingerprint density at radius 3 is 2.83 bits per heavy atom. The molecule has 1 amide bonds. The molecule has 13 heteroatoms.